The SMILES string of the molecule is CC(C)(C)[Si](C)(C)OCCN1C=CC(N)=CC1. The number of hydrogen-bond donors (Lipinski definition) is 1. The van der Waals surface area contributed by atoms with Crippen LogP contribution in [0, 0.1) is 0 Å². The average Bonchev–Trinajstić information content (AvgIpc) is 2.19. The molecule has 1 heterocycles. The second-order valence-corrected chi connectivity index (χ2v) is 10.9. The van der Waals surface area contributed by atoms with E-state index in [9.17, 15) is 0 Å². The Balaban J connectivity index is 2.32. The molecule has 0 saturated heterocycles. The fourth-order valence-electron chi connectivity index (χ4n) is 1.34. The second-order valence-electron chi connectivity index (χ2n) is 6.12. The highest BCUT2D eigenvalue weighted by Gasteiger charge is 2.36. The fraction of sp³-hybridized carbons (Fsp3) is 0.692. The van der Waals surface area contributed by atoms with Crippen LogP contribution in [0.5, 0.6) is 0 Å². The van der Waals surface area contributed by atoms with Crippen molar-refractivity contribution >= 4 is 8.32 Å². The molecular weight excluding hydrogens is 228 g/mol. The second kappa shape index (κ2) is 5.27. The zero-order chi connectivity index (χ0) is 13.1. The van der Waals surface area contributed by atoms with Gasteiger partial charge >= 0.3 is 0 Å². The Bertz CT molecular complexity index is 316. The first-order valence-electron chi connectivity index (χ1n) is 6.24. The molecule has 0 unspecified atom stereocenters. The van der Waals surface area contributed by atoms with Crippen molar-refractivity contribution in [2.75, 3.05) is 19.7 Å². The molecule has 2 N–H and O–H groups in total. The van der Waals surface area contributed by atoms with Crippen LogP contribution in [0.2, 0.25) is 18.1 Å². The normalized spacial score (nSPS) is 17.2. The highest BCUT2D eigenvalue weighted by atomic mass is 28.4. The Hall–Kier alpha value is -0.743. The van der Waals surface area contributed by atoms with Crippen LogP contribution in [0.3, 0.4) is 0 Å². The summed E-state index contributed by atoms with van der Waals surface area (Å²) >= 11 is 0. The van der Waals surface area contributed by atoms with E-state index in [1.807, 2.05) is 18.4 Å². The Labute approximate surface area is 106 Å². The lowest BCUT2D eigenvalue weighted by molar-refractivity contribution is 0.244. The summed E-state index contributed by atoms with van der Waals surface area (Å²) in [6.45, 7) is 14.0. The van der Waals surface area contributed by atoms with Crippen molar-refractivity contribution in [1.29, 1.82) is 0 Å². The van der Waals surface area contributed by atoms with Crippen LogP contribution < -0.4 is 5.73 Å². The highest BCUT2D eigenvalue weighted by molar-refractivity contribution is 6.74. The molecule has 3 nitrogen and oxygen atoms in total. The van der Waals surface area contributed by atoms with Gasteiger partial charge in [0.2, 0.25) is 0 Å². The number of nitrogens with zero attached hydrogens (tertiary/aromatic N) is 1. The Kier molecular flexibility index (Phi) is 4.44. The molecule has 0 aromatic heterocycles. The molecule has 0 amide bonds. The van der Waals surface area contributed by atoms with E-state index in [0.29, 0.717) is 0 Å². The third-order valence-electron chi connectivity index (χ3n) is 3.69. The van der Waals surface area contributed by atoms with Gasteiger partial charge in [-0.05, 0) is 30.3 Å². The minimum atomic E-state index is -1.59. The molecule has 0 fully saturated rings. The lowest BCUT2D eigenvalue weighted by Crippen LogP contribution is -2.42. The van der Waals surface area contributed by atoms with Crippen molar-refractivity contribution in [2.45, 2.75) is 38.9 Å². The summed E-state index contributed by atoms with van der Waals surface area (Å²) < 4.78 is 6.13. The van der Waals surface area contributed by atoms with Crippen molar-refractivity contribution in [3.63, 3.8) is 0 Å². The predicted octanol–water partition coefficient (Wildman–Crippen LogP) is 2.68. The molecule has 0 aromatic rings. The minimum absolute atomic E-state index is 0.287. The highest BCUT2D eigenvalue weighted by Crippen LogP contribution is 2.36. The van der Waals surface area contributed by atoms with E-state index in [1.54, 1.807) is 0 Å². The topological polar surface area (TPSA) is 38.5 Å². The van der Waals surface area contributed by atoms with Gasteiger partial charge in [0.15, 0.2) is 8.32 Å². The summed E-state index contributed by atoms with van der Waals surface area (Å²) in [5.41, 5.74) is 6.53. The molecule has 0 atom stereocenters. The molecule has 1 rings (SSSR count). The summed E-state index contributed by atoms with van der Waals surface area (Å²) in [4.78, 5) is 2.23. The van der Waals surface area contributed by atoms with E-state index >= 15 is 0 Å². The van der Waals surface area contributed by atoms with E-state index in [0.717, 1.165) is 25.4 Å². The van der Waals surface area contributed by atoms with Crippen LogP contribution in [0.25, 0.3) is 0 Å². The molecule has 98 valence electrons. The van der Waals surface area contributed by atoms with Gasteiger partial charge in [0.25, 0.3) is 0 Å². The maximum absolute atomic E-state index is 6.13. The number of rotatable bonds is 4. The quantitative estimate of drug-likeness (QED) is 0.784. The summed E-state index contributed by atoms with van der Waals surface area (Å²) in [7, 11) is -1.59. The zero-order valence-electron chi connectivity index (χ0n) is 11.8. The summed E-state index contributed by atoms with van der Waals surface area (Å²) in [6, 6.07) is 0. The number of allylic oxidation sites excluding steroid dienone is 1. The van der Waals surface area contributed by atoms with Crippen molar-refractivity contribution < 1.29 is 4.43 Å². The van der Waals surface area contributed by atoms with E-state index < -0.39 is 8.32 Å². The van der Waals surface area contributed by atoms with Crippen LogP contribution in [-0.4, -0.2) is 32.9 Å². The smallest absolute Gasteiger partial charge is 0.192 e. The Morgan fingerprint density at radius 2 is 2.06 bits per heavy atom. The van der Waals surface area contributed by atoms with Crippen molar-refractivity contribution in [2.24, 2.45) is 5.73 Å². The molecule has 0 radical (unpaired) electrons. The average molecular weight is 254 g/mol. The van der Waals surface area contributed by atoms with Crippen LogP contribution in [0.1, 0.15) is 20.8 Å². The zero-order valence-corrected chi connectivity index (χ0v) is 12.8. The number of hydrogen-bond acceptors (Lipinski definition) is 3. The van der Waals surface area contributed by atoms with Crippen molar-refractivity contribution in [3.8, 4) is 0 Å². The fourth-order valence-corrected chi connectivity index (χ4v) is 2.38. The van der Waals surface area contributed by atoms with Gasteiger partial charge in [-0.25, -0.2) is 0 Å². The third kappa shape index (κ3) is 4.20. The molecule has 0 aromatic carbocycles. The molecule has 0 spiro atoms. The molecular formula is C13H26N2OSi. The van der Waals surface area contributed by atoms with Gasteiger partial charge in [-0.3, -0.25) is 0 Å². The van der Waals surface area contributed by atoms with Crippen LogP contribution in [0.4, 0.5) is 0 Å². The first kappa shape index (κ1) is 14.3. The Morgan fingerprint density at radius 1 is 1.41 bits per heavy atom. The Morgan fingerprint density at radius 3 is 2.53 bits per heavy atom. The molecule has 1 aliphatic rings. The van der Waals surface area contributed by atoms with Gasteiger partial charge in [-0.15, -0.1) is 0 Å². The monoisotopic (exact) mass is 254 g/mol. The maximum Gasteiger partial charge on any atom is 0.192 e. The van der Waals surface area contributed by atoms with Crippen LogP contribution >= 0.6 is 0 Å². The van der Waals surface area contributed by atoms with Crippen LogP contribution in [0.15, 0.2) is 24.0 Å². The van der Waals surface area contributed by atoms with Gasteiger partial charge in [0.05, 0.1) is 6.61 Å². The van der Waals surface area contributed by atoms with E-state index in [-0.39, 0.29) is 5.04 Å². The molecule has 0 saturated carbocycles. The first-order chi connectivity index (χ1) is 7.72. The summed E-state index contributed by atoms with van der Waals surface area (Å²) in [5, 5.41) is 0.287. The standard InChI is InChI=1S/C13H26N2OSi/c1-13(2,3)17(4,5)16-11-10-15-8-6-12(14)7-9-15/h6-8H,9-11,14H2,1-5H3. The van der Waals surface area contributed by atoms with E-state index in [2.05, 4.69) is 38.8 Å². The molecule has 4 heteroatoms. The van der Waals surface area contributed by atoms with Gasteiger partial charge < -0.3 is 15.1 Å². The van der Waals surface area contributed by atoms with Gasteiger partial charge in [0.1, 0.15) is 0 Å². The third-order valence-corrected chi connectivity index (χ3v) is 8.23. The van der Waals surface area contributed by atoms with E-state index in [1.165, 1.54) is 0 Å². The number of nitrogens with two attached hydrogens (primary N) is 1. The van der Waals surface area contributed by atoms with Crippen LogP contribution in [-0.2, 0) is 4.43 Å². The molecule has 17 heavy (non-hydrogen) atoms. The van der Waals surface area contributed by atoms with Gasteiger partial charge in [-0.1, -0.05) is 20.8 Å². The molecule has 0 bridgehead atoms. The first-order valence-corrected chi connectivity index (χ1v) is 9.15. The van der Waals surface area contributed by atoms with E-state index in [4.69, 9.17) is 10.2 Å². The molecule has 1 aliphatic heterocycles. The summed E-state index contributed by atoms with van der Waals surface area (Å²) in [6.07, 6.45) is 6.02. The molecule has 0 aliphatic carbocycles. The van der Waals surface area contributed by atoms with Crippen molar-refractivity contribution in [1.82, 2.24) is 4.90 Å². The lowest BCUT2D eigenvalue weighted by Gasteiger charge is -2.36. The maximum atomic E-state index is 6.13. The predicted molar refractivity (Wildman–Crippen MR) is 76.1 cm³/mol. The van der Waals surface area contributed by atoms with Gasteiger partial charge in [-0.2, -0.15) is 0 Å². The largest absolute Gasteiger partial charge is 0.415 e. The van der Waals surface area contributed by atoms with Crippen molar-refractivity contribution in [3.05, 3.63) is 24.0 Å². The van der Waals surface area contributed by atoms with Gasteiger partial charge in [0, 0.05) is 25.0 Å². The summed E-state index contributed by atoms with van der Waals surface area (Å²) in [5.74, 6) is 0. The minimum Gasteiger partial charge on any atom is -0.415 e. The lowest BCUT2D eigenvalue weighted by atomic mass is 10.2.